The zero-order valence-corrected chi connectivity index (χ0v) is 6.83. The molecule has 0 radical (unpaired) electrons. The second-order valence-electron chi connectivity index (χ2n) is 2.41. The molecule has 4 heteroatoms. The molecule has 0 N–H and O–H groups in total. The van der Waals surface area contributed by atoms with E-state index < -0.39 is 0 Å². The van der Waals surface area contributed by atoms with Gasteiger partial charge in [-0.15, -0.1) is 10.2 Å². The molecule has 0 spiro atoms. The third-order valence-corrected chi connectivity index (χ3v) is 1.46. The van der Waals surface area contributed by atoms with Gasteiger partial charge in [-0.1, -0.05) is 6.08 Å². The summed E-state index contributed by atoms with van der Waals surface area (Å²) in [5, 5.41) is 7.73. The van der Waals surface area contributed by atoms with Gasteiger partial charge in [-0.2, -0.15) is 0 Å². The third kappa shape index (κ3) is 2.05. The molecule has 1 aliphatic rings. The third-order valence-electron chi connectivity index (χ3n) is 1.46. The summed E-state index contributed by atoms with van der Waals surface area (Å²) in [5.74, 6) is 0.478. The van der Waals surface area contributed by atoms with Crippen molar-refractivity contribution >= 4 is 5.88 Å². The van der Waals surface area contributed by atoms with Crippen LogP contribution >= 0.6 is 0 Å². The summed E-state index contributed by atoms with van der Waals surface area (Å²) < 4.78 is 10.1. The van der Waals surface area contributed by atoms with Crippen LogP contribution in [-0.2, 0) is 4.74 Å². The number of ether oxygens (including phenoxy) is 1. The van der Waals surface area contributed by atoms with Crippen molar-refractivity contribution in [3.8, 4) is 0 Å². The van der Waals surface area contributed by atoms with Crippen LogP contribution in [0.1, 0.15) is 0 Å². The molecule has 1 atom stereocenters. The van der Waals surface area contributed by atoms with E-state index in [9.17, 15) is 0 Å². The molecular formula is C9H8N2O2. The number of furan rings is 1. The quantitative estimate of drug-likeness (QED) is 0.650. The summed E-state index contributed by atoms with van der Waals surface area (Å²) in [4.78, 5) is 0. The SMILES string of the molecule is C1=COC(N=Nc2ccco2)C=C1. The largest absolute Gasteiger partial charge is 0.471 e. The second-order valence-corrected chi connectivity index (χ2v) is 2.41. The smallest absolute Gasteiger partial charge is 0.237 e. The summed E-state index contributed by atoms with van der Waals surface area (Å²) in [5.41, 5.74) is 0. The number of allylic oxidation sites excluding steroid dienone is 2. The lowest BCUT2D eigenvalue weighted by molar-refractivity contribution is 0.184. The van der Waals surface area contributed by atoms with Crippen LogP contribution in [0.4, 0.5) is 5.88 Å². The van der Waals surface area contributed by atoms with Crippen LogP contribution in [0.25, 0.3) is 0 Å². The summed E-state index contributed by atoms with van der Waals surface area (Å²) in [7, 11) is 0. The number of hydrogen-bond acceptors (Lipinski definition) is 4. The van der Waals surface area contributed by atoms with E-state index in [4.69, 9.17) is 9.15 Å². The molecule has 0 fully saturated rings. The molecule has 66 valence electrons. The fourth-order valence-electron chi connectivity index (χ4n) is 0.882. The summed E-state index contributed by atoms with van der Waals surface area (Å²) in [6, 6.07) is 3.48. The van der Waals surface area contributed by atoms with Crippen molar-refractivity contribution in [3.05, 3.63) is 42.9 Å². The van der Waals surface area contributed by atoms with Crippen molar-refractivity contribution in [2.75, 3.05) is 0 Å². The second kappa shape index (κ2) is 3.71. The summed E-state index contributed by atoms with van der Waals surface area (Å²) in [6.07, 6.45) is 8.23. The normalized spacial score (nSPS) is 20.8. The Morgan fingerprint density at radius 3 is 3.00 bits per heavy atom. The van der Waals surface area contributed by atoms with Crippen LogP contribution in [0.15, 0.2) is 57.5 Å². The fraction of sp³-hybridized carbons (Fsp3) is 0.111. The monoisotopic (exact) mass is 176 g/mol. The van der Waals surface area contributed by atoms with Crippen molar-refractivity contribution in [2.45, 2.75) is 6.23 Å². The molecule has 1 unspecified atom stereocenters. The van der Waals surface area contributed by atoms with E-state index in [1.54, 1.807) is 36.8 Å². The standard InChI is InChI=1S/C9H8N2O2/c1-2-6-12-8(4-1)10-11-9-5-3-7-13-9/h1-8H. The van der Waals surface area contributed by atoms with Crippen molar-refractivity contribution in [1.29, 1.82) is 0 Å². The molecule has 0 aromatic carbocycles. The lowest BCUT2D eigenvalue weighted by atomic mass is 10.4. The zero-order chi connectivity index (χ0) is 8.93. The molecule has 2 rings (SSSR count). The molecule has 1 aromatic heterocycles. The fourth-order valence-corrected chi connectivity index (χ4v) is 0.882. The van der Waals surface area contributed by atoms with Crippen LogP contribution in [0.5, 0.6) is 0 Å². The van der Waals surface area contributed by atoms with Gasteiger partial charge in [0.15, 0.2) is 0 Å². The van der Waals surface area contributed by atoms with Gasteiger partial charge in [-0.25, -0.2) is 0 Å². The summed E-state index contributed by atoms with van der Waals surface area (Å²) >= 11 is 0. The maximum absolute atomic E-state index is 5.11. The number of azo groups is 1. The Hall–Kier alpha value is -1.84. The van der Waals surface area contributed by atoms with Gasteiger partial charge in [0.1, 0.15) is 0 Å². The van der Waals surface area contributed by atoms with Crippen LogP contribution in [0, 0.1) is 0 Å². The minimum Gasteiger partial charge on any atom is -0.471 e. The molecule has 0 saturated carbocycles. The molecule has 0 saturated heterocycles. The number of nitrogens with zero attached hydrogens (tertiary/aromatic N) is 2. The summed E-state index contributed by atoms with van der Waals surface area (Å²) in [6.45, 7) is 0. The van der Waals surface area contributed by atoms with E-state index >= 15 is 0 Å². The van der Waals surface area contributed by atoms with Gasteiger partial charge < -0.3 is 9.15 Å². The van der Waals surface area contributed by atoms with E-state index in [-0.39, 0.29) is 6.23 Å². The van der Waals surface area contributed by atoms with Crippen LogP contribution in [0.2, 0.25) is 0 Å². The maximum atomic E-state index is 5.11. The van der Waals surface area contributed by atoms with Gasteiger partial charge >= 0.3 is 0 Å². The van der Waals surface area contributed by atoms with Gasteiger partial charge in [0, 0.05) is 6.07 Å². The Morgan fingerprint density at radius 2 is 2.31 bits per heavy atom. The van der Waals surface area contributed by atoms with Gasteiger partial charge in [0.25, 0.3) is 0 Å². The maximum Gasteiger partial charge on any atom is 0.237 e. The molecule has 2 heterocycles. The molecule has 0 amide bonds. The van der Waals surface area contributed by atoms with Crippen molar-refractivity contribution in [3.63, 3.8) is 0 Å². The Bertz CT molecular complexity index is 339. The Morgan fingerprint density at radius 1 is 1.31 bits per heavy atom. The predicted molar refractivity (Wildman–Crippen MR) is 46.4 cm³/mol. The van der Waals surface area contributed by atoms with Crippen LogP contribution in [0.3, 0.4) is 0 Å². The lowest BCUT2D eigenvalue weighted by Gasteiger charge is -2.07. The first-order chi connectivity index (χ1) is 6.45. The highest BCUT2D eigenvalue weighted by Gasteiger charge is 2.02. The molecule has 1 aliphatic heterocycles. The minimum atomic E-state index is -0.338. The Kier molecular flexibility index (Phi) is 2.22. The first-order valence-electron chi connectivity index (χ1n) is 3.88. The van der Waals surface area contributed by atoms with E-state index in [0.717, 1.165) is 0 Å². The molecule has 13 heavy (non-hydrogen) atoms. The molecule has 0 aliphatic carbocycles. The van der Waals surface area contributed by atoms with Gasteiger partial charge in [-0.3, -0.25) is 0 Å². The van der Waals surface area contributed by atoms with Gasteiger partial charge in [-0.05, 0) is 18.2 Å². The number of hydrogen-bond donors (Lipinski definition) is 0. The van der Waals surface area contributed by atoms with E-state index in [1.165, 1.54) is 0 Å². The predicted octanol–water partition coefficient (Wildman–Crippen LogP) is 2.79. The molecule has 4 nitrogen and oxygen atoms in total. The molecule has 1 aromatic rings. The number of rotatable bonds is 2. The average Bonchev–Trinajstić information content (AvgIpc) is 2.69. The average molecular weight is 176 g/mol. The highest BCUT2D eigenvalue weighted by Crippen LogP contribution is 2.14. The molecular weight excluding hydrogens is 168 g/mol. The highest BCUT2D eigenvalue weighted by atomic mass is 16.5. The van der Waals surface area contributed by atoms with E-state index in [1.807, 2.05) is 6.08 Å². The van der Waals surface area contributed by atoms with Gasteiger partial charge in [0.2, 0.25) is 12.1 Å². The van der Waals surface area contributed by atoms with Crippen LogP contribution < -0.4 is 0 Å². The zero-order valence-electron chi connectivity index (χ0n) is 6.83. The minimum absolute atomic E-state index is 0.338. The first kappa shape index (κ1) is 7.79. The first-order valence-corrected chi connectivity index (χ1v) is 3.88. The topological polar surface area (TPSA) is 47.1 Å². The highest BCUT2D eigenvalue weighted by molar-refractivity contribution is 5.19. The molecule has 0 bridgehead atoms. The lowest BCUT2D eigenvalue weighted by Crippen LogP contribution is -2.02. The van der Waals surface area contributed by atoms with Crippen LogP contribution in [-0.4, -0.2) is 6.23 Å². The van der Waals surface area contributed by atoms with E-state index in [2.05, 4.69) is 10.2 Å². The van der Waals surface area contributed by atoms with Crippen molar-refractivity contribution < 1.29 is 9.15 Å². The Labute approximate surface area is 75.2 Å². The van der Waals surface area contributed by atoms with Gasteiger partial charge in [0.05, 0.1) is 12.5 Å². The van der Waals surface area contributed by atoms with E-state index in [0.29, 0.717) is 5.88 Å². The van der Waals surface area contributed by atoms with Crippen molar-refractivity contribution in [1.82, 2.24) is 0 Å². The Balaban J connectivity index is 1.98. The van der Waals surface area contributed by atoms with Crippen molar-refractivity contribution in [2.24, 2.45) is 10.2 Å².